The van der Waals surface area contributed by atoms with Crippen molar-refractivity contribution in [1.29, 1.82) is 0 Å². The summed E-state index contributed by atoms with van der Waals surface area (Å²) in [5.74, 6) is -0.473. The Morgan fingerprint density at radius 2 is 1.89 bits per heavy atom. The number of carbonyl (C=O) groups is 2. The third-order valence-corrected chi connectivity index (χ3v) is 8.57. The molecule has 3 heterocycles. The molecule has 4 rings (SSSR count). The van der Waals surface area contributed by atoms with Gasteiger partial charge in [-0.15, -0.1) is 17.4 Å². The summed E-state index contributed by atoms with van der Waals surface area (Å²) in [5, 5.41) is 3.36. The van der Waals surface area contributed by atoms with Gasteiger partial charge in [0.25, 0.3) is 17.4 Å². The van der Waals surface area contributed by atoms with Gasteiger partial charge in [0.2, 0.25) is 0 Å². The van der Waals surface area contributed by atoms with Crippen LogP contribution >= 0.6 is 22.4 Å². The molecule has 9 nitrogen and oxygen atoms in total. The molecule has 1 saturated heterocycles. The molecule has 2 aromatic rings. The van der Waals surface area contributed by atoms with Crippen molar-refractivity contribution in [3.63, 3.8) is 0 Å². The molecule has 1 fully saturated rings. The van der Waals surface area contributed by atoms with Gasteiger partial charge in [-0.2, -0.15) is 0 Å². The van der Waals surface area contributed by atoms with E-state index in [0.29, 0.717) is 55.4 Å². The molecule has 2 aliphatic rings. The maximum absolute atomic E-state index is 13.3. The first-order valence-corrected chi connectivity index (χ1v) is 13.5. The van der Waals surface area contributed by atoms with E-state index in [1.54, 1.807) is 39.5 Å². The summed E-state index contributed by atoms with van der Waals surface area (Å²) in [6.45, 7) is 5.77. The van der Waals surface area contributed by atoms with E-state index >= 15 is 0 Å². The van der Waals surface area contributed by atoms with Gasteiger partial charge in [-0.25, -0.2) is 4.31 Å². The minimum Gasteiger partial charge on any atom is -0.348 e. The number of carbonyl (C=O) groups excluding carboxylic acids is 2. The summed E-state index contributed by atoms with van der Waals surface area (Å²) in [4.78, 5) is 41.0. The molecule has 188 valence electrons. The summed E-state index contributed by atoms with van der Waals surface area (Å²) in [7, 11) is -2.76. The fourth-order valence-corrected chi connectivity index (χ4v) is 6.13. The lowest BCUT2D eigenvalue weighted by Gasteiger charge is -2.38. The second kappa shape index (κ2) is 10.5. The van der Waals surface area contributed by atoms with Crippen LogP contribution in [0.5, 0.6) is 0 Å². The molecule has 2 aliphatic heterocycles. The Morgan fingerprint density at radius 3 is 2.54 bits per heavy atom. The Kier molecular flexibility index (Phi) is 7.67. The molecule has 2 amide bonds. The number of hydrogen-bond acceptors (Lipinski definition) is 6. The van der Waals surface area contributed by atoms with Crippen molar-refractivity contribution in [2.45, 2.75) is 25.9 Å². The fourth-order valence-electron chi connectivity index (χ4n) is 4.43. The number of allylic oxidation sites excluding steroid dienone is 1. The van der Waals surface area contributed by atoms with E-state index in [9.17, 15) is 23.5 Å². The van der Waals surface area contributed by atoms with Crippen LogP contribution in [0, 0.1) is 0 Å². The van der Waals surface area contributed by atoms with Crippen molar-refractivity contribution in [2.75, 3.05) is 31.9 Å². The van der Waals surface area contributed by atoms with Crippen molar-refractivity contribution in [3.05, 3.63) is 80.7 Å². The number of halogens is 1. The minimum absolute atomic E-state index is 0.0215. The SMILES string of the molecule is C=CCc1cc(C(=O)NCc2ccc(Cl)cc2)c(=O)n2c1C(=O)N(CCN1CCCS1(O)O)CC2. The second-order valence-electron chi connectivity index (χ2n) is 8.60. The zero-order chi connectivity index (χ0) is 25.2. The van der Waals surface area contributed by atoms with Gasteiger partial charge < -0.3 is 14.8 Å². The Bertz CT molecular complexity index is 1200. The van der Waals surface area contributed by atoms with Gasteiger partial charge in [0.1, 0.15) is 11.3 Å². The second-order valence-corrected chi connectivity index (χ2v) is 11.2. The molecule has 1 aromatic heterocycles. The third kappa shape index (κ3) is 5.46. The zero-order valence-electron chi connectivity index (χ0n) is 19.3. The number of nitrogens with one attached hydrogen (secondary N) is 1. The highest BCUT2D eigenvalue weighted by atomic mass is 35.5. The molecule has 35 heavy (non-hydrogen) atoms. The standard InChI is InChI=1S/C24H29ClN4O5S/c1-2-4-18-15-20(22(30)26-16-17-5-7-19(25)8-6-17)23(31)29-13-11-27(24(32)21(18)29)10-12-28-9-3-14-35(28,33)34/h2,5-8,15,33-34H,1,3-4,9-14,16H2,(H,26,30). The van der Waals surface area contributed by atoms with Crippen LogP contribution in [0.3, 0.4) is 0 Å². The monoisotopic (exact) mass is 520 g/mol. The summed E-state index contributed by atoms with van der Waals surface area (Å²) in [6.07, 6.45) is 2.65. The fraction of sp³-hybridized carbons (Fsp3) is 0.375. The largest absolute Gasteiger partial charge is 0.348 e. The van der Waals surface area contributed by atoms with Crippen molar-refractivity contribution in [3.8, 4) is 0 Å². The van der Waals surface area contributed by atoms with E-state index in [1.807, 2.05) is 0 Å². The lowest BCUT2D eigenvalue weighted by molar-refractivity contribution is 0.0689. The number of benzene rings is 1. The lowest BCUT2D eigenvalue weighted by Crippen LogP contribution is -2.48. The first kappa shape index (κ1) is 25.5. The lowest BCUT2D eigenvalue weighted by atomic mass is 10.0. The van der Waals surface area contributed by atoms with Gasteiger partial charge in [-0.05, 0) is 42.2 Å². The number of rotatable bonds is 8. The molecule has 0 unspecified atom stereocenters. The topological polar surface area (TPSA) is 115 Å². The first-order valence-electron chi connectivity index (χ1n) is 11.4. The van der Waals surface area contributed by atoms with Crippen molar-refractivity contribution in [1.82, 2.24) is 19.1 Å². The van der Waals surface area contributed by atoms with Crippen LogP contribution in [0.15, 0.2) is 47.8 Å². The van der Waals surface area contributed by atoms with E-state index in [-0.39, 0.29) is 30.3 Å². The number of pyridine rings is 1. The minimum atomic E-state index is -2.76. The highest BCUT2D eigenvalue weighted by Gasteiger charge is 2.33. The van der Waals surface area contributed by atoms with Crippen molar-refractivity contribution >= 4 is 34.2 Å². The van der Waals surface area contributed by atoms with Crippen LogP contribution in [-0.2, 0) is 19.5 Å². The number of aromatic nitrogens is 1. The highest BCUT2D eigenvalue weighted by Crippen LogP contribution is 2.47. The Balaban J connectivity index is 1.54. The van der Waals surface area contributed by atoms with Crippen LogP contribution in [-0.4, -0.2) is 66.6 Å². The van der Waals surface area contributed by atoms with E-state index in [4.69, 9.17) is 11.6 Å². The molecule has 0 radical (unpaired) electrons. The first-order chi connectivity index (χ1) is 16.7. The van der Waals surface area contributed by atoms with Crippen LogP contribution in [0.25, 0.3) is 0 Å². The average Bonchev–Trinajstić information content (AvgIpc) is 3.17. The van der Waals surface area contributed by atoms with E-state index < -0.39 is 22.2 Å². The molecule has 0 atom stereocenters. The normalized spacial score (nSPS) is 18.3. The molecule has 11 heteroatoms. The molecular weight excluding hydrogens is 492 g/mol. The maximum atomic E-state index is 13.3. The van der Waals surface area contributed by atoms with Gasteiger partial charge in [0.05, 0.1) is 5.75 Å². The van der Waals surface area contributed by atoms with Crippen LogP contribution in [0.4, 0.5) is 0 Å². The smallest absolute Gasteiger partial charge is 0.270 e. The average molecular weight is 521 g/mol. The van der Waals surface area contributed by atoms with Gasteiger partial charge in [0.15, 0.2) is 0 Å². The van der Waals surface area contributed by atoms with Crippen molar-refractivity contribution in [2.24, 2.45) is 0 Å². The summed E-state index contributed by atoms with van der Waals surface area (Å²) in [5.41, 5.74) is 1.11. The van der Waals surface area contributed by atoms with Crippen LogP contribution < -0.4 is 10.9 Å². The number of fused-ring (bicyclic) bond motifs is 1. The van der Waals surface area contributed by atoms with Gasteiger partial charge in [0, 0.05) is 44.3 Å². The molecule has 0 aliphatic carbocycles. The van der Waals surface area contributed by atoms with Crippen LogP contribution in [0.2, 0.25) is 5.02 Å². The predicted octanol–water partition coefficient (Wildman–Crippen LogP) is 2.99. The molecule has 0 spiro atoms. The van der Waals surface area contributed by atoms with Gasteiger partial charge in [-0.1, -0.05) is 29.8 Å². The molecule has 0 saturated carbocycles. The molecular formula is C24H29ClN4O5S. The molecule has 0 bridgehead atoms. The maximum Gasteiger partial charge on any atom is 0.270 e. The van der Waals surface area contributed by atoms with Crippen molar-refractivity contribution < 1.29 is 18.7 Å². The van der Waals surface area contributed by atoms with E-state index in [0.717, 1.165) is 5.56 Å². The summed E-state index contributed by atoms with van der Waals surface area (Å²) >= 11 is 5.90. The number of nitrogens with zero attached hydrogens (tertiary/aromatic N) is 3. The molecule has 1 aromatic carbocycles. The summed E-state index contributed by atoms with van der Waals surface area (Å²) < 4.78 is 23.3. The van der Waals surface area contributed by atoms with E-state index in [2.05, 4.69) is 11.9 Å². The Morgan fingerprint density at radius 1 is 1.14 bits per heavy atom. The predicted molar refractivity (Wildman–Crippen MR) is 137 cm³/mol. The quantitative estimate of drug-likeness (QED) is 0.461. The Labute approximate surface area is 210 Å². The van der Waals surface area contributed by atoms with Gasteiger partial charge in [-0.3, -0.25) is 23.5 Å². The van der Waals surface area contributed by atoms with Gasteiger partial charge >= 0.3 is 0 Å². The summed E-state index contributed by atoms with van der Waals surface area (Å²) in [6, 6.07) is 8.51. The number of amides is 2. The van der Waals surface area contributed by atoms with E-state index in [1.165, 1.54) is 10.6 Å². The van der Waals surface area contributed by atoms with Crippen LogP contribution in [0.1, 0.15) is 38.4 Å². The zero-order valence-corrected chi connectivity index (χ0v) is 20.9. The third-order valence-electron chi connectivity index (χ3n) is 6.29. The number of hydrogen-bond donors (Lipinski definition) is 3. The Hall–Kier alpha value is -2.63. The molecule has 3 N–H and O–H groups in total. The highest BCUT2D eigenvalue weighted by molar-refractivity contribution is 8.22.